The third kappa shape index (κ3) is 7.51. The average molecular weight is 549 g/mol. The van der Waals surface area contributed by atoms with Gasteiger partial charge in [-0.2, -0.15) is 0 Å². The van der Waals surface area contributed by atoms with Crippen LogP contribution in [-0.2, 0) is 9.53 Å². The standard InChI is InChI=1S/C12H21NO2.C10H19NO.C10H18NO/c1-9(14)15-11-7-10-5-4-6-13(10)12(2,3)8-11;2*1-10(2)7-9(12)6-8-4-3-5-11(8)10/h10-11H,4-8H2,1-3H3;8-9,12H,3-7H2,1-2H3;3,8-9,12H,4-7H2,1-2H3/q;;+1/t10-,11-;;8-,9-/m1.0/s1. The fourth-order valence-corrected chi connectivity index (χ4v) is 8.97. The maximum absolute atomic E-state index is 11.0. The van der Waals surface area contributed by atoms with Gasteiger partial charge in [0.25, 0.3) is 0 Å². The van der Waals surface area contributed by atoms with E-state index < -0.39 is 0 Å². The van der Waals surface area contributed by atoms with Gasteiger partial charge in [0.15, 0.2) is 0 Å². The number of aliphatic hydroxyl groups is 2. The molecule has 7 heteroatoms. The Kier molecular flexibility index (Phi) is 9.70. The van der Waals surface area contributed by atoms with Crippen LogP contribution in [0.2, 0.25) is 0 Å². The van der Waals surface area contributed by atoms with Gasteiger partial charge in [0.2, 0.25) is 0 Å². The number of hydrogen-bond acceptors (Lipinski definition) is 7. The molecule has 0 bridgehead atoms. The zero-order chi connectivity index (χ0) is 28.6. The number of carbonyl (C=O) groups is 1. The first-order chi connectivity index (χ1) is 18.2. The van der Waals surface area contributed by atoms with Crippen LogP contribution in [-0.4, -0.2) is 104 Å². The lowest BCUT2D eigenvalue weighted by Crippen LogP contribution is -2.54. The molecule has 0 radical (unpaired) electrons. The summed E-state index contributed by atoms with van der Waals surface area (Å²) in [4.78, 5) is 18.7. The smallest absolute Gasteiger partial charge is 0.302 e. The Labute approximate surface area is 238 Å². The Morgan fingerprint density at radius 1 is 0.744 bits per heavy atom. The fraction of sp³-hybridized carbons (Fsp3) is 0.938. The van der Waals surface area contributed by atoms with E-state index in [0.29, 0.717) is 18.1 Å². The maximum atomic E-state index is 11.0. The lowest BCUT2D eigenvalue weighted by Gasteiger charge is -2.47. The molecule has 224 valence electrons. The third-order valence-corrected chi connectivity index (χ3v) is 10.4. The first kappa shape index (κ1) is 31.1. The molecule has 6 atom stereocenters. The number of nitrogens with zero attached hydrogens (tertiary/aromatic N) is 3. The number of hydrogen-bond donors (Lipinski definition) is 2. The van der Waals surface area contributed by atoms with Gasteiger partial charge in [-0.05, 0) is 106 Å². The summed E-state index contributed by atoms with van der Waals surface area (Å²) < 4.78 is 5.37. The van der Waals surface area contributed by atoms with E-state index in [0.717, 1.165) is 45.1 Å². The minimum Gasteiger partial charge on any atom is -0.462 e. The predicted octanol–water partition coefficient (Wildman–Crippen LogP) is 4.54. The topological polar surface area (TPSA) is 76.5 Å². The van der Waals surface area contributed by atoms with Gasteiger partial charge in [0.1, 0.15) is 19.1 Å². The second-order valence-electron chi connectivity index (χ2n) is 15.1. The number of rotatable bonds is 1. The fourth-order valence-electron chi connectivity index (χ4n) is 8.97. The third-order valence-electron chi connectivity index (χ3n) is 10.4. The van der Waals surface area contributed by atoms with E-state index in [4.69, 9.17) is 4.74 Å². The van der Waals surface area contributed by atoms with E-state index >= 15 is 0 Å². The average Bonchev–Trinajstić information content (AvgIpc) is 3.53. The van der Waals surface area contributed by atoms with Gasteiger partial charge in [-0.3, -0.25) is 19.5 Å². The molecule has 0 amide bonds. The minimum atomic E-state index is -0.137. The Bertz CT molecular complexity index is 790. The van der Waals surface area contributed by atoms with Gasteiger partial charge in [0.05, 0.1) is 24.7 Å². The summed E-state index contributed by atoms with van der Waals surface area (Å²) in [7, 11) is 0. The van der Waals surface area contributed by atoms with Crippen molar-refractivity contribution < 1.29 is 19.7 Å². The molecular weight excluding hydrogens is 490 g/mol. The zero-order valence-electron chi connectivity index (χ0n) is 26.0. The first-order valence-corrected chi connectivity index (χ1v) is 15.8. The Morgan fingerprint density at radius 2 is 1.23 bits per heavy atom. The molecule has 2 unspecified atom stereocenters. The summed E-state index contributed by atoms with van der Waals surface area (Å²) >= 11 is 0. The monoisotopic (exact) mass is 548 g/mol. The summed E-state index contributed by atoms with van der Waals surface area (Å²) in [5.74, 6) is -0.137. The molecular formula is C32H58N3O4+. The molecule has 0 aromatic rings. The van der Waals surface area contributed by atoms with Gasteiger partial charge < -0.3 is 14.9 Å². The van der Waals surface area contributed by atoms with E-state index in [2.05, 4.69) is 62.7 Å². The Hall–Kier alpha value is -0.860. The second-order valence-corrected chi connectivity index (χ2v) is 15.1. The van der Waals surface area contributed by atoms with Crippen molar-refractivity contribution in [2.75, 3.05) is 19.6 Å². The number of aliphatic hydroxyl groups excluding tert-OH is 2. The molecule has 6 saturated heterocycles. The van der Waals surface area contributed by atoms with Crippen LogP contribution in [0.5, 0.6) is 0 Å². The highest BCUT2D eigenvalue weighted by Crippen LogP contribution is 2.39. The summed E-state index contributed by atoms with van der Waals surface area (Å²) in [6, 6.07) is 1.92. The van der Waals surface area contributed by atoms with E-state index in [9.17, 15) is 15.0 Å². The van der Waals surface area contributed by atoms with Crippen molar-refractivity contribution >= 4 is 5.97 Å². The first-order valence-electron chi connectivity index (χ1n) is 15.8. The normalized spacial score (nSPS) is 38.6. The lowest BCUT2D eigenvalue weighted by molar-refractivity contribution is -0.152. The van der Waals surface area contributed by atoms with Crippen LogP contribution in [0.4, 0.5) is 0 Å². The molecule has 6 heterocycles. The minimum absolute atomic E-state index is 0.0562. The lowest BCUT2D eigenvalue weighted by atomic mass is 9.85. The summed E-state index contributed by atoms with van der Waals surface area (Å²) in [5.41, 5.74) is 0.633. The molecule has 7 nitrogen and oxygen atoms in total. The van der Waals surface area contributed by atoms with Crippen LogP contribution in [0, 0.1) is 6.42 Å². The molecule has 6 fully saturated rings. The highest BCUT2D eigenvalue weighted by atomic mass is 16.5. The van der Waals surface area contributed by atoms with Crippen LogP contribution in [0.25, 0.3) is 0 Å². The molecule has 0 saturated carbocycles. The SMILES string of the molecule is CC(=O)O[C@@H]1C[C@H]2CCCN2C(C)(C)C1.CC1(C)CC(O)CC2CCCN21.CC1(C)C[C@@H](O)C[C@@H]2C[CH+]CN21. The van der Waals surface area contributed by atoms with Crippen molar-refractivity contribution in [3.8, 4) is 0 Å². The number of esters is 1. The number of ether oxygens (including phenoxy) is 1. The zero-order valence-corrected chi connectivity index (χ0v) is 26.0. The van der Waals surface area contributed by atoms with E-state index in [-0.39, 0.29) is 40.9 Å². The maximum Gasteiger partial charge on any atom is 0.302 e. The molecule has 6 aliphatic rings. The summed E-state index contributed by atoms with van der Waals surface area (Å²) in [6.07, 6.45) is 14.5. The molecule has 0 aliphatic carbocycles. The van der Waals surface area contributed by atoms with Crippen molar-refractivity contribution in [1.82, 2.24) is 14.7 Å². The molecule has 0 aromatic carbocycles. The van der Waals surface area contributed by atoms with Crippen molar-refractivity contribution in [2.45, 2.75) is 172 Å². The number of piperidine rings is 3. The van der Waals surface area contributed by atoms with Crippen LogP contribution in [0.15, 0.2) is 0 Å². The van der Waals surface area contributed by atoms with Gasteiger partial charge >= 0.3 is 5.97 Å². The predicted molar refractivity (Wildman–Crippen MR) is 156 cm³/mol. The van der Waals surface area contributed by atoms with E-state index in [1.54, 1.807) is 0 Å². The van der Waals surface area contributed by atoms with E-state index in [1.807, 2.05) is 0 Å². The van der Waals surface area contributed by atoms with Gasteiger partial charge in [-0.1, -0.05) is 0 Å². The summed E-state index contributed by atoms with van der Waals surface area (Å²) in [6.45, 7) is 18.6. The Balaban J connectivity index is 0.000000137. The van der Waals surface area contributed by atoms with Crippen molar-refractivity contribution in [2.24, 2.45) is 0 Å². The van der Waals surface area contributed by atoms with Crippen LogP contribution in [0.3, 0.4) is 0 Å². The largest absolute Gasteiger partial charge is 0.462 e. The molecule has 6 rings (SSSR count). The van der Waals surface area contributed by atoms with Crippen molar-refractivity contribution in [3.63, 3.8) is 0 Å². The molecule has 39 heavy (non-hydrogen) atoms. The highest BCUT2D eigenvalue weighted by molar-refractivity contribution is 5.66. The summed E-state index contributed by atoms with van der Waals surface area (Å²) in [5, 5.41) is 19.3. The highest BCUT2D eigenvalue weighted by Gasteiger charge is 2.46. The van der Waals surface area contributed by atoms with Gasteiger partial charge in [0, 0.05) is 48.5 Å². The quantitative estimate of drug-likeness (QED) is 0.368. The second kappa shape index (κ2) is 12.2. The number of carbonyl (C=O) groups excluding carboxylic acids is 1. The molecule has 0 aromatic heterocycles. The molecule has 2 N–H and O–H groups in total. The van der Waals surface area contributed by atoms with Gasteiger partial charge in [-0.25, -0.2) is 0 Å². The molecule has 6 aliphatic heterocycles. The van der Waals surface area contributed by atoms with Gasteiger partial charge in [-0.15, -0.1) is 0 Å². The van der Waals surface area contributed by atoms with Crippen molar-refractivity contribution in [1.29, 1.82) is 0 Å². The van der Waals surface area contributed by atoms with Crippen LogP contribution < -0.4 is 0 Å². The van der Waals surface area contributed by atoms with E-state index in [1.165, 1.54) is 52.1 Å². The number of fused-ring (bicyclic) bond motifs is 3. The Morgan fingerprint density at radius 3 is 1.79 bits per heavy atom. The molecule has 0 spiro atoms. The van der Waals surface area contributed by atoms with Crippen LogP contribution in [0.1, 0.15) is 119 Å². The van der Waals surface area contributed by atoms with Crippen molar-refractivity contribution in [3.05, 3.63) is 6.42 Å². The van der Waals surface area contributed by atoms with Crippen LogP contribution >= 0.6 is 0 Å².